The van der Waals surface area contributed by atoms with E-state index in [4.69, 9.17) is 0 Å². The van der Waals surface area contributed by atoms with Gasteiger partial charge in [-0.05, 0) is 72.2 Å². The highest BCUT2D eigenvalue weighted by molar-refractivity contribution is 7.92. The van der Waals surface area contributed by atoms with E-state index in [1.807, 2.05) is 37.3 Å². The second-order valence-corrected chi connectivity index (χ2v) is 10.2. The molecule has 0 heterocycles. The Hall–Kier alpha value is -3.64. The van der Waals surface area contributed by atoms with Crippen LogP contribution in [0.25, 0.3) is 10.8 Å². The van der Waals surface area contributed by atoms with Gasteiger partial charge in [0.05, 0.1) is 10.6 Å². The minimum absolute atomic E-state index is 0.143. The molecule has 0 saturated carbocycles. The van der Waals surface area contributed by atoms with Crippen LogP contribution < -0.4 is 9.62 Å². The smallest absolute Gasteiger partial charge is 0.264 e. The fraction of sp³-hybridized carbons (Fsp3) is 0.148. The van der Waals surface area contributed by atoms with Gasteiger partial charge in [0.15, 0.2) is 0 Å². The summed E-state index contributed by atoms with van der Waals surface area (Å²) in [5, 5.41) is 5.15. The van der Waals surface area contributed by atoms with E-state index in [0.29, 0.717) is 11.4 Å². The summed E-state index contributed by atoms with van der Waals surface area (Å²) in [4.78, 5) is 13.3. The van der Waals surface area contributed by atoms with Crippen LogP contribution in [0.3, 0.4) is 0 Å². The summed E-state index contributed by atoms with van der Waals surface area (Å²) >= 11 is 0. The highest BCUT2D eigenvalue weighted by atomic mass is 32.2. The van der Waals surface area contributed by atoms with E-state index < -0.39 is 15.9 Å². The third kappa shape index (κ3) is 3.98. The molecule has 0 unspecified atom stereocenters. The Morgan fingerprint density at radius 2 is 1.61 bits per heavy atom. The molecule has 4 aromatic rings. The molecule has 1 N–H and O–H groups in total. The summed E-state index contributed by atoms with van der Waals surface area (Å²) in [7, 11) is -3.93. The summed E-state index contributed by atoms with van der Waals surface area (Å²) in [5.74, 6) is -0.394. The van der Waals surface area contributed by atoms with Crippen molar-refractivity contribution in [3.8, 4) is 0 Å². The van der Waals surface area contributed by atoms with Gasteiger partial charge < -0.3 is 5.32 Å². The van der Waals surface area contributed by atoms with Crippen molar-refractivity contribution in [2.24, 2.45) is 0 Å². The minimum Gasteiger partial charge on any atom is -0.324 e. The summed E-state index contributed by atoms with van der Waals surface area (Å²) in [6.45, 7) is 1.56. The van der Waals surface area contributed by atoms with Crippen molar-refractivity contribution in [1.29, 1.82) is 0 Å². The molecule has 0 fully saturated rings. The Bertz CT molecular complexity index is 1450. The lowest BCUT2D eigenvalue weighted by molar-refractivity contribution is -0.114. The maximum absolute atomic E-state index is 13.5. The van der Waals surface area contributed by atoms with Crippen LogP contribution in [0.1, 0.15) is 16.7 Å². The van der Waals surface area contributed by atoms with E-state index in [2.05, 4.69) is 11.4 Å². The largest absolute Gasteiger partial charge is 0.324 e. The number of aryl methyl sites for hydroxylation is 3. The number of anilines is 2. The van der Waals surface area contributed by atoms with Crippen LogP contribution in [0.2, 0.25) is 0 Å². The molecule has 6 heteroatoms. The Morgan fingerprint density at radius 1 is 0.879 bits per heavy atom. The molecule has 1 amide bonds. The molecule has 0 spiro atoms. The first-order valence-electron chi connectivity index (χ1n) is 10.9. The molecule has 0 atom stereocenters. The molecule has 4 aromatic carbocycles. The second kappa shape index (κ2) is 8.37. The molecule has 166 valence electrons. The van der Waals surface area contributed by atoms with Gasteiger partial charge in [-0.15, -0.1) is 0 Å². The first-order chi connectivity index (χ1) is 15.9. The number of sulfonamides is 1. The lowest BCUT2D eigenvalue weighted by Crippen LogP contribution is -2.38. The summed E-state index contributed by atoms with van der Waals surface area (Å²) in [6.07, 6.45) is 2.00. The zero-order chi connectivity index (χ0) is 23.0. The number of rotatable bonds is 6. The van der Waals surface area contributed by atoms with E-state index >= 15 is 0 Å². The molecular weight excluding hydrogens is 432 g/mol. The first kappa shape index (κ1) is 21.2. The van der Waals surface area contributed by atoms with Gasteiger partial charge in [0.1, 0.15) is 6.54 Å². The van der Waals surface area contributed by atoms with Gasteiger partial charge in [-0.2, -0.15) is 0 Å². The molecule has 0 aromatic heterocycles. The number of nitrogens with zero attached hydrogens (tertiary/aromatic N) is 1. The number of hydrogen-bond acceptors (Lipinski definition) is 3. The monoisotopic (exact) mass is 456 g/mol. The maximum Gasteiger partial charge on any atom is 0.264 e. The number of carbonyl (C=O) groups is 1. The van der Waals surface area contributed by atoms with Crippen LogP contribution in [0.15, 0.2) is 89.8 Å². The second-order valence-electron chi connectivity index (χ2n) is 8.32. The predicted molar refractivity (Wildman–Crippen MR) is 132 cm³/mol. The lowest BCUT2D eigenvalue weighted by atomic mass is 10.0. The van der Waals surface area contributed by atoms with Gasteiger partial charge in [-0.25, -0.2) is 8.42 Å². The average Bonchev–Trinajstić information content (AvgIpc) is 3.24. The number of benzene rings is 4. The van der Waals surface area contributed by atoms with Crippen molar-refractivity contribution in [3.05, 3.63) is 102 Å². The predicted octanol–water partition coefficient (Wildman–Crippen LogP) is 5.08. The fourth-order valence-corrected chi connectivity index (χ4v) is 5.93. The molecule has 5 nitrogen and oxygen atoms in total. The average molecular weight is 457 g/mol. The Labute approximate surface area is 193 Å². The number of hydrogen-bond donors (Lipinski definition) is 1. The number of carbonyl (C=O) groups excluding carboxylic acids is 1. The fourth-order valence-electron chi connectivity index (χ4n) is 4.49. The van der Waals surface area contributed by atoms with Crippen molar-refractivity contribution in [2.45, 2.75) is 24.7 Å². The summed E-state index contributed by atoms with van der Waals surface area (Å²) < 4.78 is 28.1. The topological polar surface area (TPSA) is 66.5 Å². The van der Waals surface area contributed by atoms with Gasteiger partial charge in [0.25, 0.3) is 10.0 Å². The van der Waals surface area contributed by atoms with Crippen molar-refractivity contribution >= 4 is 38.1 Å². The molecule has 0 saturated heterocycles. The zero-order valence-corrected chi connectivity index (χ0v) is 19.1. The van der Waals surface area contributed by atoms with Gasteiger partial charge >= 0.3 is 0 Å². The Morgan fingerprint density at radius 3 is 2.36 bits per heavy atom. The van der Waals surface area contributed by atoms with Crippen LogP contribution in [-0.2, 0) is 27.7 Å². The van der Waals surface area contributed by atoms with Crippen LogP contribution in [0, 0.1) is 6.92 Å². The van der Waals surface area contributed by atoms with Crippen molar-refractivity contribution in [2.75, 3.05) is 16.2 Å². The molecule has 33 heavy (non-hydrogen) atoms. The van der Waals surface area contributed by atoms with Crippen LogP contribution >= 0.6 is 0 Å². The Balaban J connectivity index is 1.49. The molecule has 0 aliphatic heterocycles. The van der Waals surface area contributed by atoms with Crippen molar-refractivity contribution in [3.63, 3.8) is 0 Å². The van der Waals surface area contributed by atoms with Crippen molar-refractivity contribution < 1.29 is 13.2 Å². The van der Waals surface area contributed by atoms with E-state index in [1.165, 1.54) is 20.8 Å². The SMILES string of the molecule is Cc1cccc(N(CC(=O)Nc2ccc3c4c(cccc24)CC3)S(=O)(=O)c2ccccc2)c1. The van der Waals surface area contributed by atoms with Gasteiger partial charge in [-0.1, -0.05) is 54.6 Å². The van der Waals surface area contributed by atoms with Crippen molar-refractivity contribution in [1.82, 2.24) is 0 Å². The first-order valence-corrected chi connectivity index (χ1v) is 12.4. The third-order valence-corrected chi connectivity index (χ3v) is 7.85. The quantitative estimate of drug-likeness (QED) is 0.440. The normalized spacial score (nSPS) is 12.6. The molecule has 1 aliphatic rings. The van der Waals surface area contributed by atoms with Crippen LogP contribution in [0.4, 0.5) is 11.4 Å². The number of nitrogens with one attached hydrogen (secondary N) is 1. The van der Waals surface area contributed by atoms with E-state index in [1.54, 1.807) is 48.5 Å². The van der Waals surface area contributed by atoms with Crippen LogP contribution in [-0.4, -0.2) is 20.9 Å². The molecule has 0 bridgehead atoms. The zero-order valence-electron chi connectivity index (χ0n) is 18.3. The molecule has 5 rings (SSSR count). The highest BCUT2D eigenvalue weighted by Crippen LogP contribution is 2.35. The lowest BCUT2D eigenvalue weighted by Gasteiger charge is -2.24. The third-order valence-electron chi connectivity index (χ3n) is 6.06. The highest BCUT2D eigenvalue weighted by Gasteiger charge is 2.27. The van der Waals surface area contributed by atoms with Gasteiger partial charge in [0.2, 0.25) is 5.91 Å². The summed E-state index contributed by atoms with van der Waals surface area (Å²) in [5.41, 5.74) is 4.63. The maximum atomic E-state index is 13.5. The van der Waals surface area contributed by atoms with E-state index in [0.717, 1.165) is 23.8 Å². The molecular formula is C27H24N2O3S. The minimum atomic E-state index is -3.93. The Kier molecular flexibility index (Phi) is 5.38. The summed E-state index contributed by atoms with van der Waals surface area (Å²) in [6, 6.07) is 25.4. The van der Waals surface area contributed by atoms with Crippen LogP contribution in [0.5, 0.6) is 0 Å². The van der Waals surface area contributed by atoms with Gasteiger partial charge in [0, 0.05) is 11.1 Å². The van der Waals surface area contributed by atoms with E-state index in [9.17, 15) is 13.2 Å². The van der Waals surface area contributed by atoms with E-state index in [-0.39, 0.29) is 11.4 Å². The number of amides is 1. The molecule has 0 radical (unpaired) electrons. The molecule has 1 aliphatic carbocycles. The van der Waals surface area contributed by atoms with Gasteiger partial charge in [-0.3, -0.25) is 9.10 Å². The standard InChI is InChI=1S/C27H24N2O3S/c1-19-7-5-9-22(17-19)29(33(31,32)23-10-3-2-4-11-23)18-26(30)28-25-16-15-21-14-13-20-8-6-12-24(25)27(20)21/h2-12,15-17H,13-14,18H2,1H3,(H,28,30).